The summed E-state index contributed by atoms with van der Waals surface area (Å²) in [6.07, 6.45) is 0.943. The fourth-order valence-electron chi connectivity index (χ4n) is 1.48. The molecule has 2 heterocycles. The van der Waals surface area contributed by atoms with Crippen LogP contribution < -0.4 is 0 Å². The first-order chi connectivity index (χ1) is 7.99. The Labute approximate surface area is 95.8 Å². The summed E-state index contributed by atoms with van der Waals surface area (Å²) in [4.78, 5) is 18.8. The van der Waals surface area contributed by atoms with E-state index in [1.807, 2.05) is 0 Å². The molecule has 2 rings (SSSR count). The first-order valence-corrected chi connectivity index (χ1v) is 4.78. The quantitative estimate of drug-likeness (QED) is 0.844. The average Bonchev–Trinajstić information content (AvgIpc) is 2.57. The smallest absolute Gasteiger partial charge is 0.339 e. The molecule has 0 bridgehead atoms. The summed E-state index contributed by atoms with van der Waals surface area (Å²) in [7, 11) is 0. The third kappa shape index (κ3) is 1.99. The molecule has 0 atom stereocenters. The number of pyridine rings is 1. The average molecular weight is 236 g/mol. The van der Waals surface area contributed by atoms with E-state index < -0.39 is 11.8 Å². The molecule has 0 aliphatic heterocycles. The van der Waals surface area contributed by atoms with E-state index in [-0.39, 0.29) is 11.4 Å². The van der Waals surface area contributed by atoms with Gasteiger partial charge in [-0.15, -0.1) is 5.10 Å². The number of carboxylic acids is 1. The minimum atomic E-state index is -1.26. The van der Waals surface area contributed by atoms with Gasteiger partial charge < -0.3 is 5.11 Å². The minimum absolute atomic E-state index is 0.0528. The molecular formula is C10H9FN4O2. The normalized spacial score (nSPS) is 10.5. The van der Waals surface area contributed by atoms with Gasteiger partial charge in [-0.05, 0) is 19.9 Å². The summed E-state index contributed by atoms with van der Waals surface area (Å²) in [6, 6.07) is 0.904. The van der Waals surface area contributed by atoms with Gasteiger partial charge in [0.2, 0.25) is 0 Å². The van der Waals surface area contributed by atoms with Crippen LogP contribution in [0.3, 0.4) is 0 Å². The summed E-state index contributed by atoms with van der Waals surface area (Å²) < 4.78 is 14.2. The molecule has 1 N–H and O–H groups in total. The maximum atomic E-state index is 13.0. The van der Waals surface area contributed by atoms with Gasteiger partial charge in [-0.1, -0.05) is 0 Å². The molecule has 2 aromatic rings. The van der Waals surface area contributed by atoms with Gasteiger partial charge in [-0.25, -0.2) is 19.2 Å². The Balaban J connectivity index is 2.67. The zero-order valence-electron chi connectivity index (χ0n) is 9.18. The Morgan fingerprint density at radius 2 is 2.18 bits per heavy atom. The molecule has 0 radical (unpaired) electrons. The molecule has 0 aromatic carbocycles. The van der Waals surface area contributed by atoms with Gasteiger partial charge in [0.25, 0.3) is 0 Å². The highest BCUT2D eigenvalue weighted by Gasteiger charge is 2.17. The molecule has 17 heavy (non-hydrogen) atoms. The lowest BCUT2D eigenvalue weighted by Crippen LogP contribution is -2.11. The molecule has 0 saturated carbocycles. The maximum absolute atomic E-state index is 13.0. The lowest BCUT2D eigenvalue weighted by Gasteiger charge is -2.05. The number of rotatable bonds is 2. The van der Waals surface area contributed by atoms with Gasteiger partial charge in [0.05, 0.1) is 6.20 Å². The maximum Gasteiger partial charge on any atom is 0.339 e. The van der Waals surface area contributed by atoms with Crippen LogP contribution in [-0.2, 0) is 0 Å². The Morgan fingerprint density at radius 1 is 1.47 bits per heavy atom. The summed E-state index contributed by atoms with van der Waals surface area (Å²) >= 11 is 0. The number of hydrogen-bond acceptors (Lipinski definition) is 4. The highest BCUT2D eigenvalue weighted by atomic mass is 19.1. The highest BCUT2D eigenvalue weighted by molar-refractivity contribution is 5.91. The van der Waals surface area contributed by atoms with Gasteiger partial charge in [-0.3, -0.25) is 0 Å². The SMILES string of the molecule is Cc1nc(C)n(-c2ncc(F)cc2C(=O)O)n1. The van der Waals surface area contributed by atoms with Crippen molar-refractivity contribution in [3.63, 3.8) is 0 Å². The summed E-state index contributed by atoms with van der Waals surface area (Å²) in [5.41, 5.74) is -0.252. The van der Waals surface area contributed by atoms with Crippen molar-refractivity contribution < 1.29 is 14.3 Å². The molecule has 0 spiro atoms. The molecule has 0 saturated heterocycles. The van der Waals surface area contributed by atoms with Crippen molar-refractivity contribution in [1.29, 1.82) is 0 Å². The summed E-state index contributed by atoms with van der Waals surface area (Å²) in [6.45, 7) is 3.34. The summed E-state index contributed by atoms with van der Waals surface area (Å²) in [5, 5.41) is 13.0. The topological polar surface area (TPSA) is 80.9 Å². The lowest BCUT2D eigenvalue weighted by atomic mass is 10.2. The monoisotopic (exact) mass is 236 g/mol. The van der Waals surface area contributed by atoms with E-state index in [9.17, 15) is 9.18 Å². The van der Waals surface area contributed by atoms with Crippen LogP contribution >= 0.6 is 0 Å². The molecule has 0 aliphatic carbocycles. The van der Waals surface area contributed by atoms with Crippen LogP contribution in [0.5, 0.6) is 0 Å². The molecule has 0 fully saturated rings. The number of aromatic nitrogens is 4. The van der Waals surface area contributed by atoms with Crippen LogP contribution in [0.1, 0.15) is 22.0 Å². The van der Waals surface area contributed by atoms with Crippen molar-refractivity contribution >= 4 is 5.97 Å². The van der Waals surface area contributed by atoms with Gasteiger partial charge in [0.15, 0.2) is 5.82 Å². The van der Waals surface area contributed by atoms with Gasteiger partial charge in [0, 0.05) is 0 Å². The molecule has 7 heteroatoms. The zero-order valence-corrected chi connectivity index (χ0v) is 9.18. The molecule has 0 unspecified atom stereocenters. The van der Waals surface area contributed by atoms with Crippen molar-refractivity contribution in [2.45, 2.75) is 13.8 Å². The van der Waals surface area contributed by atoms with Crippen molar-refractivity contribution in [2.24, 2.45) is 0 Å². The number of carbonyl (C=O) groups is 1. The number of aryl methyl sites for hydroxylation is 2. The van der Waals surface area contributed by atoms with E-state index in [0.29, 0.717) is 11.6 Å². The largest absolute Gasteiger partial charge is 0.478 e. The predicted octanol–water partition coefficient (Wildman–Crippen LogP) is 1.12. The van der Waals surface area contributed by atoms with Crippen LogP contribution in [0.4, 0.5) is 4.39 Å². The molecule has 0 amide bonds. The van der Waals surface area contributed by atoms with E-state index in [0.717, 1.165) is 12.3 Å². The highest BCUT2D eigenvalue weighted by Crippen LogP contribution is 2.14. The van der Waals surface area contributed by atoms with E-state index in [1.165, 1.54) is 4.68 Å². The van der Waals surface area contributed by atoms with Crippen molar-refractivity contribution in [3.8, 4) is 5.82 Å². The fraction of sp³-hybridized carbons (Fsp3) is 0.200. The lowest BCUT2D eigenvalue weighted by molar-refractivity contribution is 0.0695. The van der Waals surface area contributed by atoms with Crippen LogP contribution in [0.15, 0.2) is 12.3 Å². The van der Waals surface area contributed by atoms with Crippen LogP contribution in [-0.4, -0.2) is 30.8 Å². The molecule has 6 nitrogen and oxygen atoms in total. The van der Waals surface area contributed by atoms with E-state index in [1.54, 1.807) is 13.8 Å². The molecule has 2 aromatic heterocycles. The minimum Gasteiger partial charge on any atom is -0.478 e. The fourth-order valence-corrected chi connectivity index (χ4v) is 1.48. The Bertz CT molecular complexity index is 594. The second kappa shape index (κ2) is 3.93. The first kappa shape index (κ1) is 11.2. The molecule has 0 aliphatic rings. The number of carboxylic acid groups (broad SMARTS) is 1. The van der Waals surface area contributed by atoms with Gasteiger partial charge in [0.1, 0.15) is 23.0 Å². The number of nitrogens with zero attached hydrogens (tertiary/aromatic N) is 4. The number of aromatic carboxylic acids is 1. The Morgan fingerprint density at radius 3 is 2.71 bits per heavy atom. The van der Waals surface area contributed by atoms with Crippen LogP contribution in [0, 0.1) is 19.7 Å². The predicted molar refractivity (Wildman–Crippen MR) is 55.5 cm³/mol. The van der Waals surface area contributed by atoms with Gasteiger partial charge in [-0.2, -0.15) is 4.68 Å². The van der Waals surface area contributed by atoms with Crippen molar-refractivity contribution in [1.82, 2.24) is 19.7 Å². The second-order valence-corrected chi connectivity index (χ2v) is 3.45. The first-order valence-electron chi connectivity index (χ1n) is 4.78. The Hall–Kier alpha value is -2.31. The van der Waals surface area contributed by atoms with E-state index >= 15 is 0 Å². The van der Waals surface area contributed by atoms with Crippen molar-refractivity contribution in [3.05, 3.63) is 35.3 Å². The third-order valence-electron chi connectivity index (χ3n) is 2.14. The Kier molecular flexibility index (Phi) is 2.58. The third-order valence-corrected chi connectivity index (χ3v) is 2.14. The van der Waals surface area contributed by atoms with Crippen LogP contribution in [0.25, 0.3) is 5.82 Å². The molecular weight excluding hydrogens is 227 g/mol. The van der Waals surface area contributed by atoms with E-state index in [4.69, 9.17) is 5.11 Å². The standard InChI is InChI=1S/C10H9FN4O2/c1-5-13-6(2)15(14-5)9-8(10(16)17)3-7(11)4-12-9/h3-4H,1-2H3,(H,16,17). The number of hydrogen-bond donors (Lipinski definition) is 1. The zero-order chi connectivity index (χ0) is 12.6. The van der Waals surface area contributed by atoms with Crippen LogP contribution in [0.2, 0.25) is 0 Å². The molecule has 88 valence electrons. The summed E-state index contributed by atoms with van der Waals surface area (Å²) in [5.74, 6) is -0.939. The van der Waals surface area contributed by atoms with E-state index in [2.05, 4.69) is 15.1 Å². The second-order valence-electron chi connectivity index (χ2n) is 3.45. The number of halogens is 1. The van der Waals surface area contributed by atoms with Gasteiger partial charge >= 0.3 is 5.97 Å². The van der Waals surface area contributed by atoms with Crippen molar-refractivity contribution in [2.75, 3.05) is 0 Å².